The lowest BCUT2D eigenvalue weighted by atomic mass is 10.2. The van der Waals surface area contributed by atoms with Gasteiger partial charge in [0.05, 0.1) is 35.5 Å². The molecule has 0 amide bonds. The van der Waals surface area contributed by atoms with E-state index >= 15 is 0 Å². The highest BCUT2D eigenvalue weighted by molar-refractivity contribution is 7.85. The highest BCUT2D eigenvalue weighted by Crippen LogP contribution is 2.10. The molecule has 0 saturated carbocycles. The second kappa shape index (κ2) is 6.57. The molecule has 17 heavy (non-hydrogen) atoms. The highest BCUT2D eigenvalue weighted by Gasteiger charge is 2.09. The van der Waals surface area contributed by atoms with Gasteiger partial charge in [0.25, 0.3) is 0 Å². The van der Waals surface area contributed by atoms with Crippen molar-refractivity contribution in [3.8, 4) is 0 Å². The van der Waals surface area contributed by atoms with E-state index in [2.05, 4.69) is 0 Å². The van der Waals surface area contributed by atoms with Crippen molar-refractivity contribution in [1.29, 1.82) is 0 Å². The average molecular weight is 254 g/mol. The van der Waals surface area contributed by atoms with Crippen LogP contribution in [0, 0.1) is 6.92 Å². The molecule has 4 heteroatoms. The Bertz CT molecular complexity index is 409. The third-order valence-electron chi connectivity index (χ3n) is 2.36. The lowest BCUT2D eigenvalue weighted by Crippen LogP contribution is -2.14. The van der Waals surface area contributed by atoms with Crippen molar-refractivity contribution in [1.82, 2.24) is 0 Å². The molecule has 94 valence electrons. The summed E-state index contributed by atoms with van der Waals surface area (Å²) in [6.07, 6.45) is 0.809. The number of aliphatic hydroxyl groups excluding tert-OH is 1. The minimum atomic E-state index is -1.19. The van der Waals surface area contributed by atoms with Crippen LogP contribution >= 0.6 is 0 Å². The molecule has 0 spiro atoms. The Labute approximate surface area is 105 Å². The number of aryl methyl sites for hydroxylation is 1. The fraction of sp³-hybridized carbons (Fsp3) is 0.385. The number of allylic oxidation sites excluding steroid dienone is 1. The lowest BCUT2D eigenvalue weighted by Gasteiger charge is -2.07. The Balaban J connectivity index is 2.63. The third kappa shape index (κ3) is 4.71. The molecule has 1 aromatic carbocycles. The van der Waals surface area contributed by atoms with E-state index in [1.54, 1.807) is 13.0 Å². The van der Waals surface area contributed by atoms with Gasteiger partial charge in [0.15, 0.2) is 0 Å². The first-order valence-corrected chi connectivity index (χ1v) is 6.70. The normalized spacial score (nSPS) is 15.4. The molecule has 0 aliphatic carbocycles. The molecule has 1 N–H and O–H groups in total. The predicted molar refractivity (Wildman–Crippen MR) is 69.2 cm³/mol. The fourth-order valence-electron chi connectivity index (χ4n) is 1.33. The van der Waals surface area contributed by atoms with Crippen LogP contribution in [0.25, 0.3) is 0 Å². The van der Waals surface area contributed by atoms with Gasteiger partial charge in [-0.05, 0) is 32.1 Å². The first kappa shape index (κ1) is 13.9. The number of hydrogen-bond donors (Lipinski definition) is 1. The number of benzene rings is 1. The van der Waals surface area contributed by atoms with Gasteiger partial charge in [-0.1, -0.05) is 17.7 Å². The SMILES string of the molecule is CO/C(C)=C/[C@@H](O)CS(=O)c1ccc(C)cc1. The van der Waals surface area contributed by atoms with E-state index in [0.717, 1.165) is 10.5 Å². The standard InChI is InChI=1S/C13H18O3S/c1-10-4-6-13(7-5-10)17(15)9-12(14)8-11(2)16-3/h4-8,12,14H,9H2,1-3H3/b11-8+/t12-,17?/m1/s1. The molecule has 1 rings (SSSR count). The largest absolute Gasteiger partial charge is 0.502 e. The van der Waals surface area contributed by atoms with Crippen LogP contribution in [-0.4, -0.2) is 28.3 Å². The van der Waals surface area contributed by atoms with Gasteiger partial charge in [-0.2, -0.15) is 0 Å². The van der Waals surface area contributed by atoms with Crippen molar-refractivity contribution in [3.63, 3.8) is 0 Å². The van der Waals surface area contributed by atoms with Crippen LogP contribution in [0.15, 0.2) is 41.0 Å². The Morgan fingerprint density at radius 1 is 1.47 bits per heavy atom. The summed E-state index contributed by atoms with van der Waals surface area (Å²) >= 11 is 0. The van der Waals surface area contributed by atoms with Gasteiger partial charge in [-0.3, -0.25) is 4.21 Å². The second-order valence-electron chi connectivity index (χ2n) is 3.87. The minimum Gasteiger partial charge on any atom is -0.502 e. The smallest absolute Gasteiger partial charge is 0.0910 e. The zero-order valence-corrected chi connectivity index (χ0v) is 11.2. The maximum Gasteiger partial charge on any atom is 0.0910 e. The molecule has 1 aromatic rings. The van der Waals surface area contributed by atoms with Crippen molar-refractivity contribution in [2.75, 3.05) is 12.9 Å². The van der Waals surface area contributed by atoms with Crippen LogP contribution in [0.2, 0.25) is 0 Å². The molecule has 0 radical (unpaired) electrons. The Morgan fingerprint density at radius 3 is 2.59 bits per heavy atom. The number of hydrogen-bond acceptors (Lipinski definition) is 3. The van der Waals surface area contributed by atoms with Gasteiger partial charge >= 0.3 is 0 Å². The van der Waals surface area contributed by atoms with E-state index in [1.807, 2.05) is 31.2 Å². The summed E-state index contributed by atoms with van der Waals surface area (Å²) in [5.74, 6) is 0.808. The molecule has 0 aliphatic rings. The van der Waals surface area contributed by atoms with E-state index in [1.165, 1.54) is 7.11 Å². The zero-order valence-electron chi connectivity index (χ0n) is 10.3. The average Bonchev–Trinajstić information content (AvgIpc) is 2.29. The van der Waals surface area contributed by atoms with E-state index in [4.69, 9.17) is 4.74 Å². The topological polar surface area (TPSA) is 46.5 Å². The second-order valence-corrected chi connectivity index (χ2v) is 5.37. The third-order valence-corrected chi connectivity index (χ3v) is 3.80. The first-order chi connectivity index (χ1) is 8.02. The van der Waals surface area contributed by atoms with Gasteiger partial charge in [0.2, 0.25) is 0 Å². The van der Waals surface area contributed by atoms with Crippen LogP contribution < -0.4 is 0 Å². The minimum absolute atomic E-state index is 0.184. The summed E-state index contributed by atoms with van der Waals surface area (Å²) in [7, 11) is 0.347. The summed E-state index contributed by atoms with van der Waals surface area (Å²) in [6.45, 7) is 3.73. The molecule has 0 heterocycles. The van der Waals surface area contributed by atoms with Crippen LogP contribution in [0.5, 0.6) is 0 Å². The van der Waals surface area contributed by atoms with Gasteiger partial charge in [-0.15, -0.1) is 0 Å². The summed E-state index contributed by atoms with van der Waals surface area (Å²) in [4.78, 5) is 0.734. The molecular formula is C13H18O3S. The molecule has 0 aliphatic heterocycles. The van der Waals surface area contributed by atoms with Crippen LogP contribution in [-0.2, 0) is 15.5 Å². The van der Waals surface area contributed by atoms with E-state index in [-0.39, 0.29) is 5.75 Å². The van der Waals surface area contributed by atoms with E-state index < -0.39 is 16.9 Å². The van der Waals surface area contributed by atoms with Gasteiger partial charge in [0, 0.05) is 4.90 Å². The van der Waals surface area contributed by atoms with E-state index in [9.17, 15) is 9.32 Å². The molecule has 0 fully saturated rings. The van der Waals surface area contributed by atoms with Crippen molar-refractivity contribution in [3.05, 3.63) is 41.7 Å². The summed E-state index contributed by atoms with van der Waals surface area (Å²) in [5.41, 5.74) is 1.13. The van der Waals surface area contributed by atoms with Crippen LogP contribution in [0.3, 0.4) is 0 Å². The number of ether oxygens (including phenoxy) is 1. The quantitative estimate of drug-likeness (QED) is 0.818. The molecule has 0 aromatic heterocycles. The molecule has 0 bridgehead atoms. The Hall–Kier alpha value is -1.13. The van der Waals surface area contributed by atoms with Crippen molar-refractivity contribution >= 4 is 10.8 Å². The number of aliphatic hydroxyl groups is 1. The van der Waals surface area contributed by atoms with E-state index in [0.29, 0.717) is 5.76 Å². The van der Waals surface area contributed by atoms with Crippen molar-refractivity contribution in [2.24, 2.45) is 0 Å². The highest BCUT2D eigenvalue weighted by atomic mass is 32.2. The molecule has 3 nitrogen and oxygen atoms in total. The summed E-state index contributed by atoms with van der Waals surface area (Å²) < 4.78 is 16.8. The van der Waals surface area contributed by atoms with Crippen molar-refractivity contribution in [2.45, 2.75) is 24.8 Å². The van der Waals surface area contributed by atoms with Crippen LogP contribution in [0.4, 0.5) is 0 Å². The Morgan fingerprint density at radius 2 is 2.06 bits per heavy atom. The lowest BCUT2D eigenvalue weighted by molar-refractivity contribution is 0.230. The number of methoxy groups -OCH3 is 1. The molecule has 2 atom stereocenters. The fourth-order valence-corrected chi connectivity index (χ4v) is 2.37. The van der Waals surface area contributed by atoms with Gasteiger partial charge < -0.3 is 9.84 Å². The summed E-state index contributed by atoms with van der Waals surface area (Å²) in [6, 6.07) is 7.47. The molecule has 0 saturated heterocycles. The van der Waals surface area contributed by atoms with Crippen LogP contribution in [0.1, 0.15) is 12.5 Å². The Kier molecular flexibility index (Phi) is 5.38. The summed E-state index contributed by atoms with van der Waals surface area (Å²) in [5, 5.41) is 9.69. The predicted octanol–water partition coefficient (Wildman–Crippen LogP) is 2.01. The maximum absolute atomic E-state index is 11.9. The van der Waals surface area contributed by atoms with Gasteiger partial charge in [0.1, 0.15) is 0 Å². The van der Waals surface area contributed by atoms with Gasteiger partial charge in [-0.25, -0.2) is 0 Å². The zero-order chi connectivity index (χ0) is 12.8. The molecule has 1 unspecified atom stereocenters. The first-order valence-electron chi connectivity index (χ1n) is 5.38. The monoisotopic (exact) mass is 254 g/mol. The van der Waals surface area contributed by atoms with Crippen molar-refractivity contribution < 1.29 is 14.1 Å². The maximum atomic E-state index is 11.9. The molecular weight excluding hydrogens is 236 g/mol. The number of rotatable bonds is 5.